The molecule has 31 heavy (non-hydrogen) atoms. The van der Waals surface area contributed by atoms with Crippen molar-refractivity contribution in [1.82, 2.24) is 10.3 Å². The summed E-state index contributed by atoms with van der Waals surface area (Å²) in [6, 6.07) is 5.18. The Balaban J connectivity index is 2.35. The number of aromatic nitrogens is 1. The number of halogens is 1. The molecule has 0 bridgehead atoms. The molecule has 2 rings (SSSR count). The summed E-state index contributed by atoms with van der Waals surface area (Å²) >= 11 is 6.34. The number of pyridine rings is 1. The van der Waals surface area contributed by atoms with Crippen LogP contribution in [-0.2, 0) is 11.3 Å². The summed E-state index contributed by atoms with van der Waals surface area (Å²) in [6.07, 6.45) is 2.90. The first-order valence-corrected chi connectivity index (χ1v) is 11.0. The summed E-state index contributed by atoms with van der Waals surface area (Å²) in [4.78, 5) is 42.1. The van der Waals surface area contributed by atoms with Crippen LogP contribution in [0.2, 0.25) is 5.02 Å². The molecule has 0 saturated carbocycles. The number of hydrogen-bond donors (Lipinski definition) is 2. The normalized spacial score (nSPS) is 11.8. The fraction of sp³-hybridized carbons (Fsp3) is 0.458. The largest absolute Gasteiger partial charge is 0.348 e. The molecule has 2 aromatic rings. The van der Waals surface area contributed by atoms with E-state index in [4.69, 9.17) is 11.6 Å². The highest BCUT2D eigenvalue weighted by atomic mass is 35.5. The SMILES string of the molecule is CCCCC(C)N(C(C)=O)c1cc(Cl)cc(C(=O)NCc2c(C)cc(C)[nH]c2=O)c1C. The van der Waals surface area contributed by atoms with E-state index >= 15 is 0 Å². The molecule has 0 aliphatic heterocycles. The fourth-order valence-corrected chi connectivity index (χ4v) is 4.07. The average Bonchev–Trinajstić information content (AvgIpc) is 2.67. The molecule has 1 aromatic carbocycles. The third-order valence-corrected chi connectivity index (χ3v) is 5.74. The molecule has 0 fully saturated rings. The van der Waals surface area contributed by atoms with Crippen LogP contribution in [0.3, 0.4) is 0 Å². The molecule has 0 spiro atoms. The number of nitrogens with one attached hydrogen (secondary N) is 2. The summed E-state index contributed by atoms with van der Waals surface area (Å²) in [7, 11) is 0. The van der Waals surface area contributed by atoms with E-state index in [1.165, 1.54) is 6.92 Å². The van der Waals surface area contributed by atoms with Gasteiger partial charge in [0.1, 0.15) is 0 Å². The van der Waals surface area contributed by atoms with Crippen molar-refractivity contribution >= 4 is 29.1 Å². The van der Waals surface area contributed by atoms with Crippen LogP contribution >= 0.6 is 11.6 Å². The number of hydrogen-bond acceptors (Lipinski definition) is 3. The topological polar surface area (TPSA) is 82.3 Å². The van der Waals surface area contributed by atoms with E-state index in [0.717, 1.165) is 30.5 Å². The van der Waals surface area contributed by atoms with Crippen molar-refractivity contribution in [2.45, 2.75) is 73.4 Å². The maximum Gasteiger partial charge on any atom is 0.253 e. The summed E-state index contributed by atoms with van der Waals surface area (Å²) in [6.45, 7) is 11.2. The Labute approximate surface area is 189 Å². The second-order valence-corrected chi connectivity index (χ2v) is 8.54. The van der Waals surface area contributed by atoms with Gasteiger partial charge in [-0.2, -0.15) is 0 Å². The maximum absolute atomic E-state index is 13.0. The molecule has 6 nitrogen and oxygen atoms in total. The molecule has 1 unspecified atom stereocenters. The van der Waals surface area contributed by atoms with Gasteiger partial charge in [0.05, 0.1) is 0 Å². The number of anilines is 1. The molecule has 2 N–H and O–H groups in total. The third-order valence-electron chi connectivity index (χ3n) is 5.52. The third kappa shape index (κ3) is 5.97. The van der Waals surface area contributed by atoms with Gasteiger partial charge in [-0.25, -0.2) is 0 Å². The second-order valence-electron chi connectivity index (χ2n) is 8.10. The van der Waals surface area contributed by atoms with Crippen LogP contribution in [0, 0.1) is 20.8 Å². The number of H-pyrrole nitrogens is 1. The number of nitrogens with zero attached hydrogens (tertiary/aromatic N) is 1. The van der Waals surface area contributed by atoms with Crippen LogP contribution in [0.1, 0.15) is 72.8 Å². The van der Waals surface area contributed by atoms with E-state index < -0.39 is 0 Å². The van der Waals surface area contributed by atoms with Gasteiger partial charge < -0.3 is 15.2 Å². The van der Waals surface area contributed by atoms with Gasteiger partial charge in [0.2, 0.25) is 5.91 Å². The number of aromatic amines is 1. The highest BCUT2D eigenvalue weighted by Gasteiger charge is 2.24. The zero-order valence-electron chi connectivity index (χ0n) is 19.2. The molecule has 1 heterocycles. The minimum atomic E-state index is -0.342. The van der Waals surface area contributed by atoms with Gasteiger partial charge in [0.25, 0.3) is 11.5 Å². The lowest BCUT2D eigenvalue weighted by Gasteiger charge is -2.30. The number of rotatable bonds is 8. The Morgan fingerprint density at radius 3 is 2.45 bits per heavy atom. The summed E-state index contributed by atoms with van der Waals surface area (Å²) in [5, 5.41) is 3.20. The Morgan fingerprint density at radius 1 is 1.19 bits per heavy atom. The minimum Gasteiger partial charge on any atom is -0.348 e. The highest BCUT2D eigenvalue weighted by molar-refractivity contribution is 6.31. The van der Waals surface area contributed by atoms with Gasteiger partial charge in [-0.1, -0.05) is 31.4 Å². The minimum absolute atomic E-state index is 0.0145. The van der Waals surface area contributed by atoms with Gasteiger partial charge in [-0.3, -0.25) is 14.4 Å². The Kier molecular flexibility index (Phi) is 8.45. The summed E-state index contributed by atoms with van der Waals surface area (Å²) in [5.41, 5.74) is 3.59. The van der Waals surface area contributed by atoms with Crippen molar-refractivity contribution in [2.75, 3.05) is 4.90 Å². The van der Waals surface area contributed by atoms with Gasteiger partial charge in [0.15, 0.2) is 0 Å². The first-order valence-electron chi connectivity index (χ1n) is 10.6. The van der Waals surface area contributed by atoms with Crippen molar-refractivity contribution in [3.63, 3.8) is 0 Å². The molecule has 0 radical (unpaired) electrons. The number of aryl methyl sites for hydroxylation is 2. The lowest BCUT2D eigenvalue weighted by Crippen LogP contribution is -2.38. The van der Waals surface area contributed by atoms with Gasteiger partial charge in [-0.05, 0) is 63.4 Å². The first kappa shape index (κ1) is 24.7. The van der Waals surface area contributed by atoms with Crippen LogP contribution in [0.25, 0.3) is 0 Å². The molecule has 168 valence electrons. The number of amides is 2. The van der Waals surface area contributed by atoms with E-state index in [9.17, 15) is 14.4 Å². The van der Waals surface area contributed by atoms with Gasteiger partial charge >= 0.3 is 0 Å². The van der Waals surface area contributed by atoms with E-state index in [1.54, 1.807) is 17.0 Å². The smallest absolute Gasteiger partial charge is 0.253 e. The number of unbranched alkanes of at least 4 members (excludes halogenated alkanes) is 1. The standard InChI is InChI=1S/C24H32ClN3O3/c1-7-8-9-16(4)28(18(6)29)22-12-19(25)11-20(17(22)5)23(30)26-13-21-14(2)10-15(3)27-24(21)31/h10-12,16H,7-9,13H2,1-6H3,(H,26,30)(H,27,31). The highest BCUT2D eigenvalue weighted by Crippen LogP contribution is 2.30. The number of carbonyl (C=O) groups is 2. The first-order chi connectivity index (χ1) is 14.6. The predicted octanol–water partition coefficient (Wildman–Crippen LogP) is 4.82. The van der Waals surface area contributed by atoms with Gasteiger partial charge in [-0.15, -0.1) is 0 Å². The molecule has 1 atom stereocenters. The van der Waals surface area contributed by atoms with Crippen LogP contribution < -0.4 is 15.8 Å². The Hall–Kier alpha value is -2.60. The zero-order valence-corrected chi connectivity index (χ0v) is 19.9. The molecule has 2 amide bonds. The lowest BCUT2D eigenvalue weighted by atomic mass is 10.0. The molecule has 0 saturated heterocycles. The van der Waals surface area contributed by atoms with E-state index in [-0.39, 0.29) is 30.0 Å². The summed E-state index contributed by atoms with van der Waals surface area (Å²) in [5.74, 6) is -0.438. The number of benzene rings is 1. The number of carbonyl (C=O) groups excluding carboxylic acids is 2. The van der Waals surface area contributed by atoms with Crippen molar-refractivity contribution in [1.29, 1.82) is 0 Å². The van der Waals surface area contributed by atoms with Crippen molar-refractivity contribution in [3.8, 4) is 0 Å². The quantitative estimate of drug-likeness (QED) is 0.611. The monoisotopic (exact) mass is 445 g/mol. The second kappa shape index (κ2) is 10.6. The fourth-order valence-electron chi connectivity index (χ4n) is 3.86. The summed E-state index contributed by atoms with van der Waals surface area (Å²) < 4.78 is 0. The molecule has 0 aliphatic rings. The van der Waals surface area contributed by atoms with Crippen LogP contribution in [0.5, 0.6) is 0 Å². The Bertz CT molecular complexity index is 1030. The van der Waals surface area contributed by atoms with Crippen LogP contribution in [-0.4, -0.2) is 22.8 Å². The molecule has 1 aromatic heterocycles. The lowest BCUT2D eigenvalue weighted by molar-refractivity contribution is -0.117. The van der Waals surface area contributed by atoms with Crippen LogP contribution in [0.15, 0.2) is 23.0 Å². The maximum atomic E-state index is 13.0. The molecule has 0 aliphatic carbocycles. The van der Waals surface area contributed by atoms with Gasteiger partial charge in [0, 0.05) is 47.0 Å². The zero-order chi connectivity index (χ0) is 23.3. The predicted molar refractivity (Wildman–Crippen MR) is 126 cm³/mol. The van der Waals surface area contributed by atoms with E-state index in [1.807, 2.05) is 33.8 Å². The van der Waals surface area contributed by atoms with E-state index in [0.29, 0.717) is 27.4 Å². The molecule has 7 heteroatoms. The molecular formula is C24H32ClN3O3. The van der Waals surface area contributed by atoms with Crippen molar-refractivity contribution in [3.05, 3.63) is 61.5 Å². The average molecular weight is 446 g/mol. The van der Waals surface area contributed by atoms with Crippen molar-refractivity contribution in [2.24, 2.45) is 0 Å². The van der Waals surface area contributed by atoms with Crippen molar-refractivity contribution < 1.29 is 9.59 Å². The molecular weight excluding hydrogens is 414 g/mol. The van der Waals surface area contributed by atoms with E-state index in [2.05, 4.69) is 17.2 Å². The Morgan fingerprint density at radius 2 is 1.87 bits per heavy atom. The van der Waals surface area contributed by atoms with Crippen LogP contribution in [0.4, 0.5) is 5.69 Å².